The van der Waals surface area contributed by atoms with E-state index in [1.54, 1.807) is 0 Å². The van der Waals surface area contributed by atoms with Gasteiger partial charge in [0, 0.05) is 29.5 Å². The Morgan fingerprint density at radius 2 is 0.636 bits per heavy atom. The molecule has 3 saturated carbocycles. The van der Waals surface area contributed by atoms with Crippen molar-refractivity contribution in [1.29, 1.82) is 0 Å². The Kier molecular flexibility index (Phi) is 17.5. The molecule has 66 heavy (non-hydrogen) atoms. The molecule has 0 aromatic carbocycles. The number of rotatable bonds is 18. The van der Waals surface area contributed by atoms with Gasteiger partial charge in [-0.05, 0) is 38.5 Å². The van der Waals surface area contributed by atoms with E-state index >= 15 is 0 Å². The molecule has 0 radical (unpaired) electrons. The summed E-state index contributed by atoms with van der Waals surface area (Å²) in [5.41, 5.74) is -6.69. The van der Waals surface area contributed by atoms with Crippen LogP contribution in [0.15, 0.2) is 0 Å². The molecule has 12 fully saturated rings. The number of halogens is 6. The lowest BCUT2D eigenvalue weighted by molar-refractivity contribution is -0.945. The molecule has 12 bridgehead atoms. The third-order valence-electron chi connectivity index (χ3n) is 17.8. The minimum absolute atomic E-state index is 0. The highest BCUT2D eigenvalue weighted by Crippen LogP contribution is 2.62. The molecule has 9 heterocycles. The maximum Gasteiger partial charge on any atom is 0.294 e. The van der Waals surface area contributed by atoms with E-state index < -0.39 is 33.2 Å². The van der Waals surface area contributed by atoms with Gasteiger partial charge in [0.25, 0.3) is 33.2 Å². The number of unbranched alkanes of at least 4 members (excludes halogenated alkanes) is 6. The quantitative estimate of drug-likeness (QED) is 0.0436. The van der Waals surface area contributed by atoms with E-state index in [2.05, 4.69) is 68.6 Å². The van der Waals surface area contributed by atoms with E-state index in [-0.39, 0.29) is 132 Å². The lowest BCUT2D eigenvalue weighted by atomic mass is 9.73. The Bertz CT molecular complexity index is 1730. The van der Waals surface area contributed by atoms with Crippen molar-refractivity contribution < 1.29 is 93.9 Å². The summed E-state index contributed by atoms with van der Waals surface area (Å²) < 4.78 is 1.74. The van der Waals surface area contributed by atoms with Crippen LogP contribution in [0.3, 0.4) is 0 Å². The topological polar surface area (TPSA) is 259 Å². The number of nitrogens with zero attached hydrogens (tertiary/aromatic N) is 9. The number of hydrogen-bond acceptors (Lipinski definition) is 12. The molecule has 0 N–H and O–H groups in total. The predicted octanol–water partition coefficient (Wildman–Crippen LogP) is -3.06. The van der Waals surface area contributed by atoms with Crippen LogP contribution in [0, 0.1) is 60.7 Å². The summed E-state index contributed by atoms with van der Waals surface area (Å²) in [5.74, 6) is 0. The van der Waals surface area contributed by atoms with Crippen LogP contribution in [0.5, 0.6) is 0 Å². The van der Waals surface area contributed by atoms with Crippen molar-refractivity contribution in [3.8, 4) is 0 Å². The van der Waals surface area contributed by atoms with Gasteiger partial charge in [-0.15, -0.1) is 0 Å². The zero-order chi connectivity index (χ0) is 46.4. The van der Waals surface area contributed by atoms with E-state index in [0.717, 1.165) is 77.4 Å². The lowest BCUT2D eigenvalue weighted by Gasteiger charge is -2.38. The van der Waals surface area contributed by atoms with Crippen molar-refractivity contribution in [2.45, 2.75) is 183 Å². The number of nitro groups is 6. The van der Waals surface area contributed by atoms with Crippen LogP contribution in [-0.4, -0.2) is 168 Å². The fraction of sp³-hybridized carbons (Fsp3) is 1.00. The van der Waals surface area contributed by atoms with Crippen LogP contribution >= 0.6 is 47.8 Å². The lowest BCUT2D eigenvalue weighted by Crippen LogP contribution is -3.00. The third kappa shape index (κ3) is 8.43. The molecular formula is C39H63Br6N9O12. The van der Waals surface area contributed by atoms with Crippen molar-refractivity contribution >= 4 is 47.8 Å². The molecule has 21 nitrogen and oxygen atoms in total. The van der Waals surface area contributed by atoms with E-state index in [4.69, 9.17) is 0 Å². The Morgan fingerprint density at radius 1 is 0.409 bits per heavy atom. The average molecular weight is 1330 g/mol. The highest BCUT2D eigenvalue weighted by Gasteiger charge is 2.87. The standard InChI is InChI=1S/3C13H21BrN3O4.3BrH/c3*1-2-3-4-5-17-8-12(15(18)19)6-10(17)11(14)13(7-12,9-17)16(20)21;;;/h3*10-11H,2-9H2,1H3;3*1H/q3*+1;;;/p-3. The average Bonchev–Trinajstić information content (AvgIpc) is 3.87. The molecule has 0 aromatic rings. The second-order valence-electron chi connectivity index (χ2n) is 21.5. The number of alkyl halides is 3. The fourth-order valence-corrected chi connectivity index (χ4v) is 19.0. The summed E-state index contributed by atoms with van der Waals surface area (Å²) >= 11 is 10.6. The minimum Gasteiger partial charge on any atom is -1.00 e. The summed E-state index contributed by atoms with van der Waals surface area (Å²) in [5, 5.41) is 69.9. The molecule has 0 spiro atoms. The number of piperidine rings is 3. The van der Waals surface area contributed by atoms with Crippen LogP contribution in [-0.2, 0) is 0 Å². The van der Waals surface area contributed by atoms with Gasteiger partial charge >= 0.3 is 0 Å². The molecule has 0 amide bonds. The predicted molar refractivity (Wildman–Crippen MR) is 239 cm³/mol. The van der Waals surface area contributed by atoms with E-state index in [9.17, 15) is 60.7 Å². The van der Waals surface area contributed by atoms with Crippen LogP contribution < -0.4 is 50.9 Å². The number of hydrogen-bond donors (Lipinski definition) is 0. The molecule has 15 unspecified atom stereocenters. The molecule has 3 aliphatic carbocycles. The summed E-state index contributed by atoms with van der Waals surface area (Å²) in [6.07, 6.45) is 11.2. The normalized spacial score (nSPS) is 44.8. The smallest absolute Gasteiger partial charge is 0.294 e. The second kappa shape index (κ2) is 20.0. The van der Waals surface area contributed by atoms with Gasteiger partial charge in [0.2, 0.25) is 0 Å². The Balaban J connectivity index is 0.000000212. The molecule has 9 saturated heterocycles. The fourth-order valence-electron chi connectivity index (χ4n) is 15.5. The first kappa shape index (κ1) is 57.7. The first-order chi connectivity index (χ1) is 29.5. The molecule has 15 atom stereocenters. The summed E-state index contributed by atoms with van der Waals surface area (Å²) in [7, 11) is 0. The van der Waals surface area contributed by atoms with Gasteiger partial charge in [-0.25, -0.2) is 0 Å². The van der Waals surface area contributed by atoms with Gasteiger partial charge in [-0.1, -0.05) is 87.8 Å². The summed E-state index contributed by atoms with van der Waals surface area (Å²) in [4.78, 5) is 67.8. The van der Waals surface area contributed by atoms with Gasteiger partial charge in [0.15, 0.2) is 39.3 Å². The van der Waals surface area contributed by atoms with E-state index in [0.29, 0.717) is 72.0 Å². The van der Waals surface area contributed by atoms with Crippen molar-refractivity contribution in [2.75, 3.05) is 58.9 Å². The molecule has 378 valence electrons. The van der Waals surface area contributed by atoms with Gasteiger partial charge in [0.05, 0.1) is 38.9 Å². The monoisotopic (exact) mass is 1320 g/mol. The molecule has 12 rings (SSSR count). The van der Waals surface area contributed by atoms with Crippen molar-refractivity contribution in [3.05, 3.63) is 60.7 Å². The zero-order valence-electron chi connectivity index (χ0n) is 37.6. The van der Waals surface area contributed by atoms with Gasteiger partial charge < -0.3 is 64.4 Å². The maximum atomic E-state index is 11.7. The molecule has 9 aliphatic heterocycles. The highest BCUT2D eigenvalue weighted by atomic mass is 79.9. The second-order valence-corrected chi connectivity index (χ2v) is 24.4. The van der Waals surface area contributed by atoms with Gasteiger partial charge in [0.1, 0.15) is 51.9 Å². The van der Waals surface area contributed by atoms with Crippen LogP contribution in [0.25, 0.3) is 0 Å². The summed E-state index contributed by atoms with van der Waals surface area (Å²) in [6, 6.07) is 0.0595. The van der Waals surface area contributed by atoms with E-state index in [1.165, 1.54) is 0 Å². The Hall–Kier alpha value is -0.840. The minimum atomic E-state index is -1.15. The van der Waals surface area contributed by atoms with Crippen LogP contribution in [0.2, 0.25) is 0 Å². The first-order valence-electron chi connectivity index (χ1n) is 22.8. The zero-order valence-corrected chi connectivity index (χ0v) is 47.1. The Morgan fingerprint density at radius 3 is 0.818 bits per heavy atom. The SMILES string of the molecule is CCCCC[N+]12CC3([N+](=O)[O-])CC1C(Br)C([N+](=O)[O-])(C3)C2.CCCCC[N+]12CC3([N+](=O)[O-])CC1C(Br)C([N+](=O)[O-])(C3)C2.CCCCC[N+]12CC3([N+](=O)[O-])CC1C(Br)C([N+](=O)[O-])(C3)C2.[Br-].[Br-].[Br-]. The highest BCUT2D eigenvalue weighted by molar-refractivity contribution is 9.10. The van der Waals surface area contributed by atoms with Gasteiger partial charge in [-0.3, -0.25) is 60.7 Å². The van der Waals surface area contributed by atoms with Crippen molar-refractivity contribution in [3.63, 3.8) is 0 Å². The van der Waals surface area contributed by atoms with Crippen molar-refractivity contribution in [2.24, 2.45) is 0 Å². The largest absolute Gasteiger partial charge is 1.00 e. The third-order valence-corrected chi connectivity index (χ3v) is 22.2. The van der Waals surface area contributed by atoms with Gasteiger partial charge in [-0.2, -0.15) is 0 Å². The number of quaternary nitrogens is 3. The Labute approximate surface area is 441 Å². The van der Waals surface area contributed by atoms with Crippen molar-refractivity contribution in [1.82, 2.24) is 0 Å². The summed E-state index contributed by atoms with van der Waals surface area (Å²) in [6.45, 7) is 11.7. The molecule has 27 heteroatoms. The molecular weight excluding hydrogens is 1270 g/mol. The maximum absolute atomic E-state index is 11.7. The van der Waals surface area contributed by atoms with Crippen LogP contribution in [0.4, 0.5) is 0 Å². The molecule has 0 aromatic heterocycles. The van der Waals surface area contributed by atoms with E-state index in [1.807, 2.05) is 0 Å². The first-order valence-corrected chi connectivity index (χ1v) is 25.6. The molecule has 12 aliphatic rings. The van der Waals surface area contributed by atoms with Crippen LogP contribution in [0.1, 0.15) is 117 Å².